The lowest BCUT2D eigenvalue weighted by atomic mass is 10.1. The molecule has 3 aromatic rings. The lowest BCUT2D eigenvalue weighted by molar-refractivity contribution is -0.385. The number of nitro groups is 1. The van der Waals surface area contributed by atoms with Gasteiger partial charge in [-0.25, -0.2) is 4.99 Å². The third kappa shape index (κ3) is 4.04. The van der Waals surface area contributed by atoms with Crippen molar-refractivity contribution < 1.29 is 22.7 Å². The number of amidine groups is 1. The molecule has 0 bridgehead atoms. The molecule has 0 unspecified atom stereocenters. The number of rotatable bonds is 5. The van der Waals surface area contributed by atoms with Gasteiger partial charge in [-0.2, -0.15) is 8.42 Å². The Bertz CT molecular complexity index is 1380. The van der Waals surface area contributed by atoms with Gasteiger partial charge in [-0.05, 0) is 36.4 Å². The topological polar surface area (TPSA) is 130 Å². The number of hydrogen-bond acceptors (Lipinski definition) is 6. The van der Waals surface area contributed by atoms with Crippen LogP contribution in [0.15, 0.2) is 94.4 Å². The summed E-state index contributed by atoms with van der Waals surface area (Å²) >= 11 is 0. The van der Waals surface area contributed by atoms with Crippen molar-refractivity contribution in [3.8, 4) is 0 Å². The van der Waals surface area contributed by atoms with Crippen molar-refractivity contribution in [2.75, 3.05) is 4.90 Å². The van der Waals surface area contributed by atoms with Gasteiger partial charge in [0, 0.05) is 11.6 Å². The summed E-state index contributed by atoms with van der Waals surface area (Å²) in [6.07, 6.45) is 1.34. The molecular weight excluding hydrogens is 434 g/mol. The molecule has 0 aliphatic carbocycles. The second kappa shape index (κ2) is 8.17. The molecule has 0 aromatic heterocycles. The normalized spacial score (nSPS) is 15.2. The van der Waals surface area contributed by atoms with Gasteiger partial charge in [0.25, 0.3) is 21.7 Å². The summed E-state index contributed by atoms with van der Waals surface area (Å²) in [5.74, 6) is -0.262. The molecule has 0 saturated heterocycles. The van der Waals surface area contributed by atoms with Crippen molar-refractivity contribution in [3.63, 3.8) is 0 Å². The van der Waals surface area contributed by atoms with E-state index in [0.29, 0.717) is 11.3 Å². The number of hydrogen-bond donors (Lipinski definition) is 1. The van der Waals surface area contributed by atoms with E-state index in [2.05, 4.69) is 4.99 Å². The highest BCUT2D eigenvalue weighted by molar-refractivity contribution is 7.85. The number of amides is 1. The zero-order valence-corrected chi connectivity index (χ0v) is 17.1. The number of aliphatic imine (C=N–C) groups is 1. The molecule has 1 heterocycles. The first kappa shape index (κ1) is 21.1. The predicted octanol–water partition coefficient (Wildman–Crippen LogP) is 3.68. The molecule has 9 nitrogen and oxygen atoms in total. The van der Waals surface area contributed by atoms with Gasteiger partial charge < -0.3 is 0 Å². The van der Waals surface area contributed by atoms with Gasteiger partial charge in [-0.1, -0.05) is 42.5 Å². The predicted molar refractivity (Wildman–Crippen MR) is 118 cm³/mol. The average Bonchev–Trinajstić information content (AvgIpc) is 3.10. The van der Waals surface area contributed by atoms with Crippen LogP contribution in [0.2, 0.25) is 0 Å². The van der Waals surface area contributed by atoms with E-state index in [-0.39, 0.29) is 27.7 Å². The van der Waals surface area contributed by atoms with Crippen LogP contribution in [0.25, 0.3) is 6.08 Å². The third-order valence-corrected chi connectivity index (χ3v) is 5.58. The van der Waals surface area contributed by atoms with E-state index in [1.807, 2.05) is 0 Å². The molecule has 1 N–H and O–H groups in total. The second-order valence-corrected chi connectivity index (χ2v) is 8.18. The van der Waals surface area contributed by atoms with Gasteiger partial charge in [0.05, 0.1) is 21.1 Å². The quantitative estimate of drug-likeness (QED) is 0.274. The fraction of sp³-hybridized carbons (Fsp3) is 0. The summed E-state index contributed by atoms with van der Waals surface area (Å²) in [4.78, 5) is 29.4. The van der Waals surface area contributed by atoms with E-state index in [1.165, 1.54) is 53.4 Å². The smallest absolute Gasteiger partial charge is 0.282 e. The Morgan fingerprint density at radius 1 is 0.938 bits per heavy atom. The van der Waals surface area contributed by atoms with E-state index in [1.54, 1.807) is 36.4 Å². The Balaban J connectivity index is 1.83. The lowest BCUT2D eigenvalue weighted by Gasteiger charge is -2.18. The van der Waals surface area contributed by atoms with E-state index in [4.69, 9.17) is 0 Å². The van der Waals surface area contributed by atoms with Gasteiger partial charge >= 0.3 is 0 Å². The molecule has 3 aromatic carbocycles. The van der Waals surface area contributed by atoms with Crippen molar-refractivity contribution in [2.45, 2.75) is 4.90 Å². The highest BCUT2D eigenvalue weighted by Gasteiger charge is 2.33. The first-order chi connectivity index (χ1) is 15.3. The molecule has 0 saturated carbocycles. The number of carbonyl (C=O) groups excluding carboxylic acids is 1. The SMILES string of the molecule is O=C1/C(=C\c2ccccc2[N+](=O)[O-])N=C(c2ccccc2)N1c1ccc(S(=O)(=O)O)cc1. The van der Waals surface area contributed by atoms with Gasteiger partial charge in [-0.15, -0.1) is 0 Å². The number of anilines is 1. The van der Waals surface area contributed by atoms with Crippen LogP contribution in [-0.2, 0) is 14.9 Å². The van der Waals surface area contributed by atoms with Crippen LogP contribution in [-0.4, -0.2) is 29.6 Å². The molecule has 0 fully saturated rings. The number of nitro benzene ring substituents is 1. The molecule has 0 spiro atoms. The zero-order chi connectivity index (χ0) is 22.9. The van der Waals surface area contributed by atoms with Crippen LogP contribution in [0.5, 0.6) is 0 Å². The second-order valence-electron chi connectivity index (χ2n) is 6.76. The molecule has 32 heavy (non-hydrogen) atoms. The van der Waals surface area contributed by atoms with Gasteiger partial charge in [0.2, 0.25) is 0 Å². The molecular formula is C22H15N3O6S. The van der Waals surface area contributed by atoms with Crippen molar-refractivity contribution in [2.24, 2.45) is 4.99 Å². The zero-order valence-electron chi connectivity index (χ0n) is 16.3. The molecule has 160 valence electrons. The lowest BCUT2D eigenvalue weighted by Crippen LogP contribution is -2.32. The Morgan fingerprint density at radius 2 is 1.56 bits per heavy atom. The molecule has 1 amide bonds. The fourth-order valence-corrected chi connectivity index (χ4v) is 3.71. The van der Waals surface area contributed by atoms with Crippen molar-refractivity contribution in [1.29, 1.82) is 0 Å². The van der Waals surface area contributed by atoms with Gasteiger partial charge in [0.15, 0.2) is 0 Å². The van der Waals surface area contributed by atoms with E-state index < -0.39 is 20.9 Å². The largest absolute Gasteiger partial charge is 0.294 e. The first-order valence-electron chi connectivity index (χ1n) is 9.27. The Morgan fingerprint density at radius 3 is 2.19 bits per heavy atom. The molecule has 10 heteroatoms. The van der Waals surface area contributed by atoms with Gasteiger partial charge in [-0.3, -0.25) is 24.4 Å². The molecule has 0 radical (unpaired) electrons. The van der Waals surface area contributed by atoms with E-state index in [9.17, 15) is 27.9 Å². The Hall–Kier alpha value is -4.15. The number of nitrogens with zero attached hydrogens (tertiary/aromatic N) is 3. The van der Waals surface area contributed by atoms with Crippen LogP contribution in [0.3, 0.4) is 0 Å². The minimum atomic E-state index is -4.40. The maximum atomic E-state index is 13.3. The van der Waals surface area contributed by atoms with E-state index >= 15 is 0 Å². The van der Waals surface area contributed by atoms with Crippen LogP contribution in [0, 0.1) is 10.1 Å². The summed E-state index contributed by atoms with van der Waals surface area (Å²) < 4.78 is 31.9. The fourth-order valence-electron chi connectivity index (χ4n) is 3.23. The average molecular weight is 449 g/mol. The van der Waals surface area contributed by atoms with Crippen molar-refractivity contribution in [1.82, 2.24) is 0 Å². The van der Waals surface area contributed by atoms with Crippen LogP contribution < -0.4 is 4.90 Å². The Labute approximate surface area is 182 Å². The van der Waals surface area contributed by atoms with Crippen LogP contribution in [0.1, 0.15) is 11.1 Å². The maximum absolute atomic E-state index is 13.3. The minimum absolute atomic E-state index is 0.0167. The van der Waals surface area contributed by atoms with Gasteiger partial charge in [0.1, 0.15) is 11.5 Å². The number of carbonyl (C=O) groups is 1. The Kier molecular flexibility index (Phi) is 5.39. The van der Waals surface area contributed by atoms with Crippen LogP contribution >= 0.6 is 0 Å². The van der Waals surface area contributed by atoms with E-state index in [0.717, 1.165) is 0 Å². The number of benzene rings is 3. The number of para-hydroxylation sites is 1. The summed E-state index contributed by atoms with van der Waals surface area (Å²) in [5.41, 5.74) is 0.972. The molecule has 1 aliphatic rings. The summed E-state index contributed by atoms with van der Waals surface area (Å²) in [7, 11) is -4.40. The highest BCUT2D eigenvalue weighted by Crippen LogP contribution is 2.30. The first-order valence-corrected chi connectivity index (χ1v) is 10.7. The monoisotopic (exact) mass is 449 g/mol. The highest BCUT2D eigenvalue weighted by atomic mass is 32.2. The standard InChI is InChI=1S/C22H15N3O6S/c26-22-19(14-16-8-4-5-9-20(16)25(27)28)23-21(15-6-2-1-3-7-15)24(22)17-10-12-18(13-11-17)32(29,30)31/h1-14H,(H,29,30,31)/b19-14+. The summed E-state index contributed by atoms with van der Waals surface area (Å²) in [6.45, 7) is 0. The minimum Gasteiger partial charge on any atom is -0.282 e. The van der Waals surface area contributed by atoms with Crippen LogP contribution in [0.4, 0.5) is 11.4 Å². The molecule has 1 aliphatic heterocycles. The third-order valence-electron chi connectivity index (χ3n) is 4.71. The van der Waals surface area contributed by atoms with Crippen molar-refractivity contribution >= 4 is 39.3 Å². The summed E-state index contributed by atoms with van der Waals surface area (Å²) in [6, 6.07) is 19.9. The molecule has 0 atom stereocenters. The summed E-state index contributed by atoms with van der Waals surface area (Å²) in [5, 5.41) is 11.3. The van der Waals surface area contributed by atoms with Crippen molar-refractivity contribution in [3.05, 3.63) is 106 Å². The molecule has 4 rings (SSSR count). The maximum Gasteiger partial charge on any atom is 0.294 e.